The van der Waals surface area contributed by atoms with Gasteiger partial charge < -0.3 is 9.59 Å². The summed E-state index contributed by atoms with van der Waals surface area (Å²) in [6, 6.07) is 0.718. The Morgan fingerprint density at radius 1 is 1.20 bits per heavy atom. The number of hydrogen-bond acceptors (Lipinski definition) is 1. The zero-order valence-corrected chi connectivity index (χ0v) is 9.70. The number of aliphatic hydroxyl groups is 1. The summed E-state index contributed by atoms with van der Waals surface area (Å²) >= 11 is 0. The topological polar surface area (TPSA) is 20.2 Å². The number of piperidine rings is 2. The SMILES string of the molecule is C=CC[N@+]12CCCC[C@H]1[C@H](CO)CCC2. The predicted molar refractivity (Wildman–Crippen MR) is 62.5 cm³/mol. The van der Waals surface area contributed by atoms with Crippen molar-refractivity contribution in [3.8, 4) is 0 Å². The molecular formula is C13H24NO+. The first-order valence-electron chi connectivity index (χ1n) is 6.40. The molecule has 2 saturated heterocycles. The molecule has 3 atom stereocenters. The van der Waals surface area contributed by atoms with Crippen molar-refractivity contribution in [2.75, 3.05) is 26.2 Å². The van der Waals surface area contributed by atoms with E-state index < -0.39 is 0 Å². The number of hydrogen-bond donors (Lipinski definition) is 1. The highest BCUT2D eigenvalue weighted by Crippen LogP contribution is 2.37. The van der Waals surface area contributed by atoms with Gasteiger partial charge in [-0.25, -0.2) is 0 Å². The van der Waals surface area contributed by atoms with Crippen LogP contribution >= 0.6 is 0 Å². The highest BCUT2D eigenvalue weighted by Gasteiger charge is 2.45. The molecule has 0 bridgehead atoms. The minimum absolute atomic E-state index is 0.391. The molecule has 2 nitrogen and oxygen atoms in total. The van der Waals surface area contributed by atoms with E-state index in [9.17, 15) is 5.11 Å². The highest BCUT2D eigenvalue weighted by atomic mass is 16.3. The van der Waals surface area contributed by atoms with E-state index >= 15 is 0 Å². The molecule has 2 fully saturated rings. The van der Waals surface area contributed by atoms with Gasteiger partial charge in [0.15, 0.2) is 0 Å². The zero-order valence-electron chi connectivity index (χ0n) is 9.70. The van der Waals surface area contributed by atoms with Crippen LogP contribution in [0.15, 0.2) is 12.7 Å². The smallest absolute Gasteiger partial charge is 0.0973 e. The van der Waals surface area contributed by atoms with Crippen LogP contribution in [0.5, 0.6) is 0 Å². The van der Waals surface area contributed by atoms with Crippen LogP contribution in [0, 0.1) is 5.92 Å². The third-order valence-electron chi connectivity index (χ3n) is 4.51. The van der Waals surface area contributed by atoms with Gasteiger partial charge in [0.2, 0.25) is 0 Å². The monoisotopic (exact) mass is 210 g/mol. The van der Waals surface area contributed by atoms with E-state index in [1.54, 1.807) is 0 Å². The molecule has 0 saturated carbocycles. The van der Waals surface area contributed by atoms with Crippen molar-refractivity contribution in [3.05, 3.63) is 12.7 Å². The quantitative estimate of drug-likeness (QED) is 0.557. The second kappa shape index (κ2) is 4.67. The maximum atomic E-state index is 9.48. The molecule has 0 radical (unpaired) electrons. The van der Waals surface area contributed by atoms with Crippen LogP contribution in [-0.2, 0) is 0 Å². The number of fused-ring (bicyclic) bond motifs is 1. The molecule has 2 aliphatic heterocycles. The van der Waals surface area contributed by atoms with Crippen LogP contribution in [-0.4, -0.2) is 41.9 Å². The fourth-order valence-corrected chi connectivity index (χ4v) is 3.83. The molecule has 2 aliphatic rings. The normalized spacial score (nSPS) is 40.9. The van der Waals surface area contributed by atoms with Gasteiger partial charge in [0.1, 0.15) is 0 Å². The first kappa shape index (κ1) is 11.2. The molecule has 0 aliphatic carbocycles. The van der Waals surface area contributed by atoms with E-state index in [1.165, 1.54) is 49.7 Å². The first-order valence-corrected chi connectivity index (χ1v) is 6.40. The van der Waals surface area contributed by atoms with E-state index in [4.69, 9.17) is 0 Å². The van der Waals surface area contributed by atoms with Gasteiger partial charge >= 0.3 is 0 Å². The highest BCUT2D eigenvalue weighted by molar-refractivity contribution is 4.81. The summed E-state index contributed by atoms with van der Waals surface area (Å²) in [7, 11) is 0. The van der Waals surface area contributed by atoms with Gasteiger partial charge in [0.25, 0.3) is 0 Å². The maximum Gasteiger partial charge on any atom is 0.0973 e. The average molecular weight is 210 g/mol. The predicted octanol–water partition coefficient (Wildman–Crippen LogP) is 1.94. The van der Waals surface area contributed by atoms with Crippen LogP contribution in [0.1, 0.15) is 32.1 Å². The van der Waals surface area contributed by atoms with Gasteiger partial charge in [0.05, 0.1) is 32.3 Å². The minimum atomic E-state index is 0.391. The number of nitrogens with zero attached hydrogens (tertiary/aromatic N) is 1. The van der Waals surface area contributed by atoms with Crippen molar-refractivity contribution in [1.82, 2.24) is 0 Å². The number of quaternary nitrogens is 1. The van der Waals surface area contributed by atoms with E-state index in [1.807, 2.05) is 0 Å². The molecule has 0 aromatic carbocycles. The summed E-state index contributed by atoms with van der Waals surface area (Å²) in [5, 5.41) is 9.48. The summed E-state index contributed by atoms with van der Waals surface area (Å²) in [5.74, 6) is 0.555. The molecule has 15 heavy (non-hydrogen) atoms. The lowest BCUT2D eigenvalue weighted by Crippen LogP contribution is -2.63. The third kappa shape index (κ3) is 1.98. The lowest BCUT2D eigenvalue weighted by Gasteiger charge is -2.53. The summed E-state index contributed by atoms with van der Waals surface area (Å²) in [6.07, 6.45) is 8.64. The molecule has 1 N–H and O–H groups in total. The van der Waals surface area contributed by atoms with Gasteiger partial charge in [0, 0.05) is 12.3 Å². The molecule has 0 spiro atoms. The Hall–Kier alpha value is -0.340. The molecular weight excluding hydrogens is 186 g/mol. The molecule has 2 heterocycles. The van der Waals surface area contributed by atoms with Gasteiger partial charge in [-0.05, 0) is 31.8 Å². The van der Waals surface area contributed by atoms with Crippen LogP contribution in [0.4, 0.5) is 0 Å². The zero-order chi connectivity index (χ0) is 10.7. The third-order valence-corrected chi connectivity index (χ3v) is 4.51. The van der Waals surface area contributed by atoms with Crippen LogP contribution in [0.25, 0.3) is 0 Å². The average Bonchev–Trinajstić information content (AvgIpc) is 2.28. The van der Waals surface area contributed by atoms with E-state index in [2.05, 4.69) is 12.7 Å². The Balaban J connectivity index is 2.17. The molecule has 0 aromatic heterocycles. The molecule has 0 aromatic rings. The van der Waals surface area contributed by atoms with Crippen LogP contribution in [0.3, 0.4) is 0 Å². The van der Waals surface area contributed by atoms with E-state index in [-0.39, 0.29) is 0 Å². The summed E-state index contributed by atoms with van der Waals surface area (Å²) < 4.78 is 1.23. The van der Waals surface area contributed by atoms with Gasteiger partial charge in [-0.3, -0.25) is 0 Å². The number of rotatable bonds is 3. The van der Waals surface area contributed by atoms with Crippen molar-refractivity contribution >= 4 is 0 Å². The Bertz CT molecular complexity index is 225. The second-order valence-electron chi connectivity index (χ2n) is 5.29. The van der Waals surface area contributed by atoms with Crippen molar-refractivity contribution < 1.29 is 9.59 Å². The fourth-order valence-electron chi connectivity index (χ4n) is 3.83. The Morgan fingerprint density at radius 3 is 2.73 bits per heavy atom. The van der Waals surface area contributed by atoms with Crippen LogP contribution in [0.2, 0.25) is 0 Å². The Labute approximate surface area is 93.2 Å². The van der Waals surface area contributed by atoms with Gasteiger partial charge in [-0.2, -0.15) is 0 Å². The molecule has 2 heteroatoms. The lowest BCUT2D eigenvalue weighted by molar-refractivity contribution is -0.959. The number of aliphatic hydroxyl groups excluding tert-OH is 1. The Kier molecular flexibility index (Phi) is 3.47. The maximum absolute atomic E-state index is 9.48. The first-order chi connectivity index (χ1) is 7.32. The van der Waals surface area contributed by atoms with Crippen molar-refractivity contribution in [3.63, 3.8) is 0 Å². The van der Waals surface area contributed by atoms with E-state index in [0.29, 0.717) is 12.5 Å². The van der Waals surface area contributed by atoms with Gasteiger partial charge in [-0.1, -0.05) is 6.58 Å². The van der Waals surface area contributed by atoms with Crippen LogP contribution < -0.4 is 0 Å². The van der Waals surface area contributed by atoms with Crippen molar-refractivity contribution in [2.24, 2.45) is 5.92 Å². The fraction of sp³-hybridized carbons (Fsp3) is 0.846. The molecule has 2 rings (SSSR count). The minimum Gasteiger partial charge on any atom is -0.396 e. The Morgan fingerprint density at radius 2 is 2.00 bits per heavy atom. The van der Waals surface area contributed by atoms with E-state index in [0.717, 1.165) is 12.6 Å². The van der Waals surface area contributed by atoms with Gasteiger partial charge in [-0.15, -0.1) is 0 Å². The molecule has 86 valence electrons. The summed E-state index contributed by atoms with van der Waals surface area (Å²) in [6.45, 7) is 8.04. The second-order valence-corrected chi connectivity index (χ2v) is 5.29. The molecule has 0 unspecified atom stereocenters. The van der Waals surface area contributed by atoms with Crippen molar-refractivity contribution in [2.45, 2.75) is 38.1 Å². The lowest BCUT2D eigenvalue weighted by atomic mass is 9.81. The summed E-state index contributed by atoms with van der Waals surface area (Å²) in [5.41, 5.74) is 0. The molecule has 0 amide bonds. The largest absolute Gasteiger partial charge is 0.396 e. The summed E-state index contributed by atoms with van der Waals surface area (Å²) in [4.78, 5) is 0. The van der Waals surface area contributed by atoms with Crippen molar-refractivity contribution in [1.29, 1.82) is 0 Å². The standard InChI is InChI=1S/C13H24NO/c1-2-8-14-9-4-3-7-13(14)12(11-15)6-5-10-14/h2,12-13,15H,1,3-11H2/q+1/t12-,13-,14+/m0/s1.